The molecule has 31 heavy (non-hydrogen) atoms. The van der Waals surface area contributed by atoms with Crippen LogP contribution in [0.5, 0.6) is 5.75 Å². The van der Waals surface area contributed by atoms with Crippen LogP contribution in [0.3, 0.4) is 0 Å². The number of carbonyl (C=O) groups is 1. The highest BCUT2D eigenvalue weighted by Gasteiger charge is 2.20. The van der Waals surface area contributed by atoms with Gasteiger partial charge in [0.05, 0.1) is 28.4 Å². The van der Waals surface area contributed by atoms with Crippen molar-refractivity contribution >= 4 is 27.3 Å². The smallest absolute Gasteiger partial charge is 0.261 e. The highest BCUT2D eigenvalue weighted by molar-refractivity contribution is 7.92. The quantitative estimate of drug-likeness (QED) is 0.523. The van der Waals surface area contributed by atoms with Crippen LogP contribution in [0.4, 0.5) is 15.8 Å². The fourth-order valence-corrected chi connectivity index (χ4v) is 4.15. The maximum atomic E-state index is 14.0. The van der Waals surface area contributed by atoms with Gasteiger partial charge in [-0.25, -0.2) is 12.8 Å². The lowest BCUT2D eigenvalue weighted by atomic mass is 10.1. The van der Waals surface area contributed by atoms with E-state index in [0.717, 1.165) is 5.56 Å². The number of benzene rings is 3. The van der Waals surface area contributed by atoms with Gasteiger partial charge in [0.15, 0.2) is 0 Å². The summed E-state index contributed by atoms with van der Waals surface area (Å²) in [7, 11) is -3.94. The third kappa shape index (κ3) is 5.21. The Morgan fingerprint density at radius 1 is 0.968 bits per heavy atom. The molecule has 0 fully saturated rings. The summed E-state index contributed by atoms with van der Waals surface area (Å²) in [6, 6.07) is 16.8. The first kappa shape index (κ1) is 22.3. The van der Waals surface area contributed by atoms with E-state index in [1.54, 1.807) is 19.1 Å². The van der Waals surface area contributed by atoms with Gasteiger partial charge < -0.3 is 10.1 Å². The number of para-hydroxylation sites is 1. The van der Waals surface area contributed by atoms with Gasteiger partial charge in [-0.05, 0) is 55.3 Å². The van der Waals surface area contributed by atoms with E-state index >= 15 is 0 Å². The third-order valence-electron chi connectivity index (χ3n) is 4.57. The second-order valence-corrected chi connectivity index (χ2v) is 8.32. The Kier molecular flexibility index (Phi) is 6.91. The van der Waals surface area contributed by atoms with Crippen LogP contribution < -0.4 is 14.8 Å². The monoisotopic (exact) mass is 442 g/mol. The Morgan fingerprint density at radius 3 is 2.39 bits per heavy atom. The van der Waals surface area contributed by atoms with Crippen LogP contribution in [-0.2, 0) is 16.4 Å². The Bertz CT molecular complexity index is 1200. The van der Waals surface area contributed by atoms with E-state index in [9.17, 15) is 17.6 Å². The van der Waals surface area contributed by atoms with Gasteiger partial charge in [0.25, 0.3) is 15.9 Å². The van der Waals surface area contributed by atoms with E-state index in [1.165, 1.54) is 42.5 Å². The summed E-state index contributed by atoms with van der Waals surface area (Å²) in [4.78, 5) is 12.5. The fraction of sp³-hybridized carbons (Fsp3) is 0.174. The first-order valence-corrected chi connectivity index (χ1v) is 11.3. The number of hydrogen-bond donors (Lipinski definition) is 2. The molecule has 0 saturated heterocycles. The largest absolute Gasteiger partial charge is 0.492 e. The van der Waals surface area contributed by atoms with Crippen LogP contribution in [0, 0.1) is 5.82 Å². The van der Waals surface area contributed by atoms with Gasteiger partial charge in [0, 0.05) is 0 Å². The molecule has 0 atom stereocenters. The minimum atomic E-state index is -3.94. The Hall–Kier alpha value is -3.39. The van der Waals surface area contributed by atoms with E-state index in [1.807, 2.05) is 19.1 Å². The van der Waals surface area contributed by atoms with Crippen LogP contribution >= 0.6 is 0 Å². The molecular formula is C23H23FN2O4S. The number of halogens is 1. The minimum Gasteiger partial charge on any atom is -0.492 e. The normalized spacial score (nSPS) is 11.1. The average Bonchev–Trinajstić information content (AvgIpc) is 2.75. The lowest BCUT2D eigenvalue weighted by Crippen LogP contribution is -2.17. The molecule has 162 valence electrons. The molecule has 0 unspecified atom stereocenters. The maximum Gasteiger partial charge on any atom is 0.261 e. The number of sulfonamides is 1. The van der Waals surface area contributed by atoms with Crippen LogP contribution in [0.2, 0.25) is 0 Å². The number of carbonyl (C=O) groups excluding carboxylic acids is 1. The van der Waals surface area contributed by atoms with Crippen LogP contribution in [-0.4, -0.2) is 20.9 Å². The Balaban J connectivity index is 1.95. The van der Waals surface area contributed by atoms with Crippen LogP contribution in [0.1, 0.15) is 29.8 Å². The zero-order chi connectivity index (χ0) is 22.4. The number of ether oxygens (including phenoxy) is 1. The van der Waals surface area contributed by atoms with Gasteiger partial charge in [-0.3, -0.25) is 9.52 Å². The molecule has 0 heterocycles. The van der Waals surface area contributed by atoms with E-state index in [-0.39, 0.29) is 21.9 Å². The van der Waals surface area contributed by atoms with E-state index < -0.39 is 21.7 Å². The van der Waals surface area contributed by atoms with Crippen molar-refractivity contribution in [1.29, 1.82) is 0 Å². The van der Waals surface area contributed by atoms with Gasteiger partial charge in [-0.15, -0.1) is 0 Å². The number of amides is 1. The van der Waals surface area contributed by atoms with Crippen molar-refractivity contribution in [1.82, 2.24) is 0 Å². The summed E-state index contributed by atoms with van der Waals surface area (Å²) in [5.41, 5.74) is 1.30. The molecule has 0 aliphatic carbocycles. The molecular weight excluding hydrogens is 419 g/mol. The second kappa shape index (κ2) is 9.61. The molecule has 0 aromatic heterocycles. The van der Waals surface area contributed by atoms with E-state index in [0.29, 0.717) is 18.7 Å². The van der Waals surface area contributed by atoms with Crippen molar-refractivity contribution in [2.24, 2.45) is 0 Å². The van der Waals surface area contributed by atoms with Crippen molar-refractivity contribution in [3.05, 3.63) is 83.7 Å². The number of hydrogen-bond acceptors (Lipinski definition) is 4. The molecule has 0 bridgehead atoms. The maximum absolute atomic E-state index is 14.0. The summed E-state index contributed by atoms with van der Waals surface area (Å²) < 4.78 is 48.0. The molecule has 1 amide bonds. The number of nitrogens with one attached hydrogen (secondary N) is 2. The molecule has 3 aromatic rings. The molecule has 3 rings (SSSR count). The number of aryl methyl sites for hydroxylation is 1. The highest BCUT2D eigenvalue weighted by Crippen LogP contribution is 2.30. The highest BCUT2D eigenvalue weighted by atomic mass is 32.2. The van der Waals surface area contributed by atoms with Crippen molar-refractivity contribution in [2.75, 3.05) is 16.6 Å². The summed E-state index contributed by atoms with van der Waals surface area (Å²) >= 11 is 0. The van der Waals surface area contributed by atoms with Gasteiger partial charge in [-0.1, -0.05) is 37.3 Å². The predicted molar refractivity (Wildman–Crippen MR) is 119 cm³/mol. The molecule has 0 spiro atoms. The van der Waals surface area contributed by atoms with Gasteiger partial charge >= 0.3 is 0 Å². The fourth-order valence-electron chi connectivity index (χ4n) is 3.02. The molecule has 3 aromatic carbocycles. The Labute approximate surface area is 181 Å². The second-order valence-electron chi connectivity index (χ2n) is 6.64. The predicted octanol–water partition coefficient (Wildman–Crippen LogP) is 4.84. The van der Waals surface area contributed by atoms with E-state index in [2.05, 4.69) is 10.0 Å². The Morgan fingerprint density at radius 2 is 1.68 bits per heavy atom. The summed E-state index contributed by atoms with van der Waals surface area (Å²) in [6.45, 7) is 3.99. The first-order chi connectivity index (χ1) is 14.9. The van der Waals surface area contributed by atoms with Crippen molar-refractivity contribution in [3.63, 3.8) is 0 Å². The standard InChI is InChI=1S/C23H23FN2O4S/c1-3-16-9-5-8-12-20(16)26-31(28,29)17-13-14-22(30-4-2)21(15-17)25-23(27)18-10-6-7-11-19(18)24/h5-15,26H,3-4H2,1-2H3,(H,25,27). The first-order valence-electron chi connectivity index (χ1n) is 9.79. The van der Waals surface area contributed by atoms with E-state index in [4.69, 9.17) is 4.74 Å². The molecule has 0 radical (unpaired) electrons. The molecule has 0 aliphatic rings. The lowest BCUT2D eigenvalue weighted by molar-refractivity contribution is 0.102. The minimum absolute atomic E-state index is 0.0642. The molecule has 6 nitrogen and oxygen atoms in total. The molecule has 2 N–H and O–H groups in total. The molecule has 8 heteroatoms. The summed E-state index contributed by atoms with van der Waals surface area (Å²) in [5, 5.41) is 2.56. The van der Waals surface area contributed by atoms with Crippen molar-refractivity contribution in [3.8, 4) is 5.75 Å². The topological polar surface area (TPSA) is 84.5 Å². The van der Waals surface area contributed by atoms with Gasteiger partial charge in [-0.2, -0.15) is 0 Å². The lowest BCUT2D eigenvalue weighted by Gasteiger charge is -2.15. The third-order valence-corrected chi connectivity index (χ3v) is 5.93. The van der Waals surface area contributed by atoms with Crippen LogP contribution in [0.15, 0.2) is 71.6 Å². The van der Waals surface area contributed by atoms with Crippen molar-refractivity contribution < 1.29 is 22.3 Å². The number of rotatable bonds is 8. The van der Waals surface area contributed by atoms with Crippen LogP contribution in [0.25, 0.3) is 0 Å². The molecule has 0 aliphatic heterocycles. The number of anilines is 2. The van der Waals surface area contributed by atoms with Gasteiger partial charge in [0.1, 0.15) is 11.6 Å². The van der Waals surface area contributed by atoms with Crippen molar-refractivity contribution in [2.45, 2.75) is 25.2 Å². The summed E-state index contributed by atoms with van der Waals surface area (Å²) in [6.07, 6.45) is 0.659. The zero-order valence-corrected chi connectivity index (χ0v) is 18.0. The summed E-state index contributed by atoms with van der Waals surface area (Å²) in [5.74, 6) is -1.11. The SMILES string of the molecule is CCOc1ccc(S(=O)(=O)Nc2ccccc2CC)cc1NC(=O)c1ccccc1F. The molecule has 0 saturated carbocycles. The van der Waals surface area contributed by atoms with Gasteiger partial charge in [0.2, 0.25) is 0 Å². The average molecular weight is 443 g/mol. The zero-order valence-electron chi connectivity index (χ0n) is 17.2.